The van der Waals surface area contributed by atoms with E-state index in [1.807, 2.05) is 0 Å². The molecule has 0 amide bonds. The zero-order valence-electron chi connectivity index (χ0n) is 13.5. The van der Waals surface area contributed by atoms with Crippen LogP contribution >= 0.6 is 15.9 Å². The molecule has 22 heavy (non-hydrogen) atoms. The Hall–Kier alpha value is -0.390. The zero-order chi connectivity index (χ0) is 16.3. The van der Waals surface area contributed by atoms with Gasteiger partial charge in [-0.3, -0.25) is 0 Å². The third-order valence-corrected chi connectivity index (χ3v) is 5.70. The summed E-state index contributed by atoms with van der Waals surface area (Å²) in [5.74, 6) is 0. The number of unbranched alkanes of at least 4 members (excludes halogenated alkanes) is 8. The first-order valence-corrected chi connectivity index (χ1v) is 10.6. The fourth-order valence-corrected chi connectivity index (χ4v) is 3.68. The van der Waals surface area contributed by atoms with E-state index in [1.54, 1.807) is 24.3 Å². The standard InChI is InChI=1S/C17H28BrNO2S/c1-2-3-4-5-6-7-8-9-10-15-19-22(20,21)17-13-11-16(18)12-14-17/h11-14,19H,2-10,15H2,1H3. The van der Waals surface area contributed by atoms with E-state index in [4.69, 9.17) is 0 Å². The lowest BCUT2D eigenvalue weighted by molar-refractivity contribution is 0.554. The molecule has 0 saturated carbocycles. The quantitative estimate of drug-likeness (QED) is 0.495. The summed E-state index contributed by atoms with van der Waals surface area (Å²) in [7, 11) is -3.36. The van der Waals surface area contributed by atoms with Crippen molar-refractivity contribution in [1.82, 2.24) is 4.72 Å². The lowest BCUT2D eigenvalue weighted by Crippen LogP contribution is -2.24. The molecule has 0 bridgehead atoms. The van der Waals surface area contributed by atoms with Gasteiger partial charge in [-0.15, -0.1) is 0 Å². The number of sulfonamides is 1. The smallest absolute Gasteiger partial charge is 0.211 e. The molecule has 0 aromatic heterocycles. The maximum absolute atomic E-state index is 12.1. The predicted molar refractivity (Wildman–Crippen MR) is 96.6 cm³/mol. The lowest BCUT2D eigenvalue weighted by atomic mass is 10.1. The van der Waals surface area contributed by atoms with E-state index in [0.717, 1.165) is 17.3 Å². The fourth-order valence-electron chi connectivity index (χ4n) is 2.34. The fraction of sp³-hybridized carbons (Fsp3) is 0.647. The van der Waals surface area contributed by atoms with Crippen LogP contribution in [0.2, 0.25) is 0 Å². The molecule has 0 aliphatic rings. The number of benzene rings is 1. The van der Waals surface area contributed by atoms with Gasteiger partial charge < -0.3 is 0 Å². The van der Waals surface area contributed by atoms with Gasteiger partial charge in [-0.25, -0.2) is 13.1 Å². The summed E-state index contributed by atoms with van der Waals surface area (Å²) in [5, 5.41) is 0. The van der Waals surface area contributed by atoms with Crippen LogP contribution in [0.3, 0.4) is 0 Å². The molecule has 0 saturated heterocycles. The normalized spacial score (nSPS) is 11.7. The molecule has 1 rings (SSSR count). The lowest BCUT2D eigenvalue weighted by Gasteiger charge is -2.07. The van der Waals surface area contributed by atoms with Gasteiger partial charge in [-0.05, 0) is 30.7 Å². The SMILES string of the molecule is CCCCCCCCCCCNS(=O)(=O)c1ccc(Br)cc1. The molecule has 1 aromatic carbocycles. The highest BCUT2D eigenvalue weighted by atomic mass is 79.9. The van der Waals surface area contributed by atoms with Crippen LogP contribution in [0.15, 0.2) is 33.6 Å². The molecule has 0 fully saturated rings. The van der Waals surface area contributed by atoms with E-state index in [-0.39, 0.29) is 0 Å². The van der Waals surface area contributed by atoms with Gasteiger partial charge in [-0.2, -0.15) is 0 Å². The van der Waals surface area contributed by atoms with Crippen molar-refractivity contribution in [2.45, 2.75) is 69.6 Å². The van der Waals surface area contributed by atoms with Crippen molar-refractivity contribution in [2.75, 3.05) is 6.54 Å². The molecule has 1 N–H and O–H groups in total. The van der Waals surface area contributed by atoms with E-state index in [0.29, 0.717) is 11.4 Å². The monoisotopic (exact) mass is 389 g/mol. The van der Waals surface area contributed by atoms with Crippen LogP contribution < -0.4 is 4.72 Å². The number of nitrogens with one attached hydrogen (secondary N) is 1. The maximum Gasteiger partial charge on any atom is 0.240 e. The number of halogens is 1. The Balaban J connectivity index is 2.10. The van der Waals surface area contributed by atoms with Gasteiger partial charge in [0.25, 0.3) is 0 Å². The zero-order valence-corrected chi connectivity index (χ0v) is 15.9. The van der Waals surface area contributed by atoms with Gasteiger partial charge in [0.05, 0.1) is 4.90 Å². The van der Waals surface area contributed by atoms with E-state index < -0.39 is 10.0 Å². The van der Waals surface area contributed by atoms with Crippen LogP contribution in [0.5, 0.6) is 0 Å². The second kappa shape index (κ2) is 11.2. The summed E-state index contributed by atoms with van der Waals surface area (Å²) in [6, 6.07) is 6.71. The molecule has 0 aliphatic carbocycles. The number of hydrogen-bond acceptors (Lipinski definition) is 2. The molecule has 0 atom stereocenters. The molecule has 0 aliphatic heterocycles. The van der Waals surface area contributed by atoms with E-state index in [2.05, 4.69) is 27.6 Å². The summed E-state index contributed by atoms with van der Waals surface area (Å²) in [4.78, 5) is 0.326. The van der Waals surface area contributed by atoms with Gasteiger partial charge in [0, 0.05) is 11.0 Å². The highest BCUT2D eigenvalue weighted by Crippen LogP contribution is 2.14. The average molecular weight is 390 g/mol. The molecule has 0 heterocycles. The Morgan fingerprint density at radius 1 is 0.864 bits per heavy atom. The highest BCUT2D eigenvalue weighted by molar-refractivity contribution is 9.10. The van der Waals surface area contributed by atoms with Crippen LogP contribution in [-0.2, 0) is 10.0 Å². The van der Waals surface area contributed by atoms with Gasteiger partial charge in [0.2, 0.25) is 10.0 Å². The van der Waals surface area contributed by atoms with Crippen molar-refractivity contribution in [2.24, 2.45) is 0 Å². The van der Waals surface area contributed by atoms with E-state index in [1.165, 1.54) is 44.9 Å². The van der Waals surface area contributed by atoms with Crippen LogP contribution in [0.4, 0.5) is 0 Å². The van der Waals surface area contributed by atoms with E-state index >= 15 is 0 Å². The molecule has 1 aromatic rings. The van der Waals surface area contributed by atoms with Crippen LogP contribution in [0.25, 0.3) is 0 Å². The number of rotatable bonds is 12. The Kier molecular flexibility index (Phi) is 10.0. The maximum atomic E-state index is 12.1. The molecule has 3 nitrogen and oxygen atoms in total. The van der Waals surface area contributed by atoms with E-state index in [9.17, 15) is 8.42 Å². The minimum absolute atomic E-state index is 0.326. The minimum Gasteiger partial charge on any atom is -0.211 e. The van der Waals surface area contributed by atoms with Gasteiger partial charge >= 0.3 is 0 Å². The third-order valence-electron chi connectivity index (χ3n) is 3.70. The Bertz CT molecular complexity index is 500. The topological polar surface area (TPSA) is 46.2 Å². The first-order valence-electron chi connectivity index (χ1n) is 8.31. The van der Waals surface area contributed by atoms with Gasteiger partial charge in [0.15, 0.2) is 0 Å². The minimum atomic E-state index is -3.36. The summed E-state index contributed by atoms with van der Waals surface area (Å²) >= 11 is 3.30. The highest BCUT2D eigenvalue weighted by Gasteiger charge is 2.12. The Morgan fingerprint density at radius 2 is 1.36 bits per heavy atom. The molecule has 5 heteroatoms. The van der Waals surface area contributed by atoms with Crippen molar-refractivity contribution in [3.8, 4) is 0 Å². The van der Waals surface area contributed by atoms with Gasteiger partial charge in [0.1, 0.15) is 0 Å². The van der Waals surface area contributed by atoms with Crippen molar-refractivity contribution >= 4 is 26.0 Å². The van der Waals surface area contributed by atoms with Crippen molar-refractivity contribution in [1.29, 1.82) is 0 Å². The summed E-state index contributed by atoms with van der Waals surface area (Å²) < 4.78 is 27.7. The molecule has 0 radical (unpaired) electrons. The molecular formula is C17H28BrNO2S. The average Bonchev–Trinajstić information content (AvgIpc) is 2.49. The molecule has 0 unspecified atom stereocenters. The molecule has 0 spiro atoms. The van der Waals surface area contributed by atoms with Crippen molar-refractivity contribution in [3.05, 3.63) is 28.7 Å². The summed E-state index contributed by atoms with van der Waals surface area (Å²) in [6.07, 6.45) is 11.1. The molecule has 126 valence electrons. The van der Waals surface area contributed by atoms with Crippen molar-refractivity contribution in [3.63, 3.8) is 0 Å². The summed E-state index contributed by atoms with van der Waals surface area (Å²) in [5.41, 5.74) is 0. The predicted octanol–water partition coefficient (Wildman–Crippen LogP) is 5.26. The Morgan fingerprint density at radius 3 is 1.91 bits per heavy atom. The first-order chi connectivity index (χ1) is 10.6. The third kappa shape index (κ3) is 8.30. The van der Waals surface area contributed by atoms with Crippen LogP contribution in [0, 0.1) is 0 Å². The second-order valence-electron chi connectivity index (χ2n) is 5.68. The largest absolute Gasteiger partial charge is 0.240 e. The van der Waals surface area contributed by atoms with Crippen LogP contribution in [0.1, 0.15) is 64.7 Å². The van der Waals surface area contributed by atoms with Crippen LogP contribution in [-0.4, -0.2) is 15.0 Å². The first kappa shape index (κ1) is 19.7. The Labute approximate surface area is 144 Å². The van der Waals surface area contributed by atoms with Crippen molar-refractivity contribution < 1.29 is 8.42 Å². The summed E-state index contributed by atoms with van der Waals surface area (Å²) in [6.45, 7) is 2.75. The second-order valence-corrected chi connectivity index (χ2v) is 8.36. The van der Waals surface area contributed by atoms with Gasteiger partial charge in [-0.1, -0.05) is 74.2 Å². The molecular weight excluding hydrogens is 362 g/mol. The number of hydrogen-bond donors (Lipinski definition) is 1.